The van der Waals surface area contributed by atoms with E-state index < -0.39 is 8.07 Å². The van der Waals surface area contributed by atoms with Crippen molar-refractivity contribution in [1.29, 1.82) is 0 Å². The Labute approximate surface area is 397 Å². The Bertz CT molecular complexity index is 3800. The van der Waals surface area contributed by atoms with Crippen LogP contribution in [0.25, 0.3) is 98.3 Å². The van der Waals surface area contributed by atoms with Gasteiger partial charge in [0.2, 0.25) is 5.69 Å². The fourth-order valence-corrected chi connectivity index (χ4v) is 14.0. The predicted molar refractivity (Wildman–Crippen MR) is 285 cm³/mol. The summed E-state index contributed by atoms with van der Waals surface area (Å²) in [6.45, 7) is 12.6. The Morgan fingerprint density at radius 2 is 1.36 bits per heavy atom. The number of aromatic nitrogens is 3. The maximum absolute atomic E-state index is 5.20. The number of thiophene rings is 1. The Morgan fingerprint density at radius 1 is 0.627 bits per heavy atom. The molecule has 0 saturated heterocycles. The van der Waals surface area contributed by atoms with Gasteiger partial charge in [-0.2, -0.15) is 13.7 Å². The first-order valence-electron chi connectivity index (χ1n) is 23.8. The topological polar surface area (TPSA) is 12.7 Å². The van der Waals surface area contributed by atoms with Gasteiger partial charge in [-0.25, -0.2) is 0 Å². The van der Waals surface area contributed by atoms with Crippen LogP contribution in [0.5, 0.6) is 0 Å². The third-order valence-corrected chi connectivity index (χ3v) is 18.1. The molecule has 5 heterocycles. The average molecular weight is 898 g/mol. The number of para-hydroxylation sites is 3. The van der Waals surface area contributed by atoms with Gasteiger partial charge in [0.25, 0.3) is 0 Å². The molecule has 0 bridgehead atoms. The minimum Gasteiger partial charge on any atom is -0.195 e. The number of allylic oxidation sites excluding steroid dienone is 1. The van der Waals surface area contributed by atoms with Gasteiger partial charge in [-0.1, -0.05) is 184 Å². The van der Waals surface area contributed by atoms with Crippen LogP contribution in [0.2, 0.25) is 19.6 Å². The van der Waals surface area contributed by atoms with Crippen LogP contribution >= 0.6 is 11.3 Å². The van der Waals surface area contributed by atoms with E-state index in [1.54, 1.807) is 0 Å². The normalized spacial score (nSPS) is 15.8. The number of rotatable bonds is 4. The third kappa shape index (κ3) is 6.36. The first-order valence-corrected chi connectivity index (χ1v) is 28.1. The summed E-state index contributed by atoms with van der Waals surface area (Å²) < 4.78 is 10.5. The molecule has 67 heavy (non-hydrogen) atoms. The van der Waals surface area contributed by atoms with Crippen LogP contribution in [0.15, 0.2) is 201 Å². The van der Waals surface area contributed by atoms with E-state index in [-0.39, 0.29) is 12.0 Å². The number of benzene rings is 8. The van der Waals surface area contributed by atoms with Gasteiger partial charge >= 0.3 is 5.82 Å². The Hall–Kier alpha value is -7.18. The molecule has 2 atom stereocenters. The largest absolute Gasteiger partial charge is 0.301 e. The SMILES string of the molecule is C=C1CC2C(CCc3ccc4c(sc5cc(-c6ccccc6)ccc54)c3-c3n(-c4ccccc4-c4ccccc4)c4ccccc4[n+]31)c1ccc3ccccc3c1-c1ccc([Si](C)(C)C)c[n+]12. The molecule has 0 saturated carbocycles. The molecule has 2 unspecified atom stereocenters. The summed E-state index contributed by atoms with van der Waals surface area (Å²) in [4.78, 5) is 0. The summed E-state index contributed by atoms with van der Waals surface area (Å²) in [6.07, 6.45) is 5.29. The molecule has 5 heteroatoms. The number of hydrogen-bond donors (Lipinski definition) is 0. The van der Waals surface area contributed by atoms with Crippen molar-refractivity contribution in [2.45, 2.75) is 50.9 Å². The lowest BCUT2D eigenvalue weighted by Crippen LogP contribution is -2.53. The third-order valence-electron chi connectivity index (χ3n) is 14.8. The number of nitrogens with zero attached hydrogens (tertiary/aromatic N) is 3. The van der Waals surface area contributed by atoms with Crippen molar-refractivity contribution in [3.63, 3.8) is 0 Å². The van der Waals surface area contributed by atoms with E-state index in [2.05, 4.69) is 228 Å². The zero-order chi connectivity index (χ0) is 45.0. The van der Waals surface area contributed by atoms with Gasteiger partial charge in [-0.05, 0) is 75.7 Å². The van der Waals surface area contributed by atoms with Crippen LogP contribution in [0, 0.1) is 0 Å². The summed E-state index contributed by atoms with van der Waals surface area (Å²) in [5.41, 5.74) is 16.3. The Morgan fingerprint density at radius 3 is 2.19 bits per heavy atom. The van der Waals surface area contributed by atoms with Gasteiger partial charge in [-0.15, -0.1) is 11.3 Å². The fourth-order valence-electron chi connectivity index (χ4n) is 11.6. The van der Waals surface area contributed by atoms with E-state index in [4.69, 9.17) is 6.58 Å². The van der Waals surface area contributed by atoms with Gasteiger partial charge in [0, 0.05) is 38.2 Å². The Kier molecular flexibility index (Phi) is 9.25. The van der Waals surface area contributed by atoms with Crippen molar-refractivity contribution < 1.29 is 9.13 Å². The zero-order valence-electron chi connectivity index (χ0n) is 38.2. The van der Waals surface area contributed by atoms with E-state index in [0.717, 1.165) is 30.6 Å². The lowest BCUT2D eigenvalue weighted by molar-refractivity contribution is -0.719. The number of hydrogen-bond acceptors (Lipinski definition) is 1. The molecule has 2 aliphatic heterocycles. The molecule has 0 spiro atoms. The highest BCUT2D eigenvalue weighted by atomic mass is 32.1. The molecule has 13 rings (SSSR count). The van der Waals surface area contributed by atoms with Gasteiger partial charge in [-0.3, -0.25) is 0 Å². The van der Waals surface area contributed by atoms with E-state index in [0.29, 0.717) is 0 Å². The molecular formula is C62H51N3SSi+2. The van der Waals surface area contributed by atoms with E-state index >= 15 is 0 Å². The first-order chi connectivity index (χ1) is 32.8. The number of pyridine rings is 1. The molecule has 0 radical (unpaired) electrons. The lowest BCUT2D eigenvalue weighted by atomic mass is 9.76. The molecule has 0 aliphatic carbocycles. The smallest absolute Gasteiger partial charge is 0.195 e. The second-order valence-corrected chi connectivity index (χ2v) is 25.8. The monoisotopic (exact) mass is 897 g/mol. The molecule has 3 aromatic heterocycles. The van der Waals surface area contributed by atoms with E-state index in [1.165, 1.54) is 103 Å². The highest BCUT2D eigenvalue weighted by Gasteiger charge is 2.45. The fraction of sp³-hybridized carbons (Fsp3) is 0.129. The van der Waals surface area contributed by atoms with Crippen LogP contribution in [0.4, 0.5) is 0 Å². The first kappa shape index (κ1) is 40.1. The summed E-state index contributed by atoms with van der Waals surface area (Å²) in [7, 11) is -1.67. The standard InChI is InChI=1S/C62H51N3SSi/c1-40-37-57-49(51-34-27-43-21-11-12-23-48(43)60(51)56-36-31-46(39-63(56)57)67(2,3)4)32-28-44-29-35-52-50-33-30-45(41-17-7-5-8-18-41)38-58(50)66-61(52)59(44)62-64(40)54-25-15-16-26-55(54)65(62)53-24-14-13-22-47(53)42-19-9-6-10-20-42/h5-27,29-31,33-36,38-39,49,57H,1,28,32,37H2,2-4H3/q+2. The highest BCUT2D eigenvalue weighted by molar-refractivity contribution is 7.26. The molecule has 0 amide bonds. The number of imidazole rings is 1. The van der Waals surface area contributed by atoms with E-state index in [1.807, 2.05) is 11.3 Å². The van der Waals surface area contributed by atoms with Gasteiger partial charge in [0.1, 0.15) is 11.4 Å². The quantitative estimate of drug-likeness (QED) is 0.123. The molecule has 322 valence electrons. The zero-order valence-corrected chi connectivity index (χ0v) is 40.0. The van der Waals surface area contributed by atoms with Crippen LogP contribution in [0.1, 0.15) is 35.9 Å². The molecule has 8 aromatic carbocycles. The number of aryl methyl sites for hydroxylation is 1. The molecule has 0 N–H and O–H groups in total. The predicted octanol–water partition coefficient (Wildman–Crippen LogP) is 15.1. The number of fused-ring (bicyclic) bond motifs is 17. The molecule has 3 nitrogen and oxygen atoms in total. The summed E-state index contributed by atoms with van der Waals surface area (Å²) in [6, 6.07) is 70.6. The summed E-state index contributed by atoms with van der Waals surface area (Å²) in [5, 5.41) is 6.72. The lowest BCUT2D eigenvalue weighted by Gasteiger charge is -2.33. The summed E-state index contributed by atoms with van der Waals surface area (Å²) >= 11 is 1.94. The summed E-state index contributed by atoms with van der Waals surface area (Å²) in [5.74, 6) is 1.44. The molecule has 2 aliphatic rings. The van der Waals surface area contributed by atoms with Gasteiger partial charge in [0.15, 0.2) is 23.3 Å². The van der Waals surface area contributed by atoms with Crippen LogP contribution in [-0.2, 0) is 6.42 Å². The molecule has 11 aromatic rings. The van der Waals surface area contributed by atoms with Crippen LogP contribution in [0.3, 0.4) is 0 Å². The van der Waals surface area contributed by atoms with Crippen molar-refractivity contribution in [1.82, 2.24) is 4.57 Å². The van der Waals surface area contributed by atoms with Crippen molar-refractivity contribution >= 4 is 72.3 Å². The minimum atomic E-state index is -1.67. The van der Waals surface area contributed by atoms with Gasteiger partial charge < -0.3 is 0 Å². The van der Waals surface area contributed by atoms with Crippen molar-refractivity contribution in [3.8, 4) is 50.6 Å². The second-order valence-electron chi connectivity index (χ2n) is 19.7. The van der Waals surface area contributed by atoms with Crippen molar-refractivity contribution in [2.24, 2.45) is 0 Å². The molecule has 0 fully saturated rings. The van der Waals surface area contributed by atoms with Crippen LogP contribution in [-0.4, -0.2) is 12.6 Å². The Balaban J connectivity index is 1.12. The minimum absolute atomic E-state index is 0.164. The second kappa shape index (κ2) is 15.4. The van der Waals surface area contributed by atoms with E-state index in [9.17, 15) is 0 Å². The molecular weight excluding hydrogens is 847 g/mol. The highest BCUT2D eigenvalue weighted by Crippen LogP contribution is 2.50. The van der Waals surface area contributed by atoms with Crippen LogP contribution < -0.4 is 14.3 Å². The van der Waals surface area contributed by atoms with Crippen molar-refractivity contribution in [2.75, 3.05) is 0 Å². The maximum atomic E-state index is 5.20. The van der Waals surface area contributed by atoms with Crippen molar-refractivity contribution in [3.05, 3.63) is 212 Å². The maximum Gasteiger partial charge on any atom is 0.301 e. The average Bonchev–Trinajstić information content (AvgIpc) is 3.91. The van der Waals surface area contributed by atoms with Gasteiger partial charge in [0.05, 0.1) is 30.3 Å².